The number of methoxy groups -OCH3 is 2. The Morgan fingerprint density at radius 2 is 1.00 bits per heavy atom. The van der Waals surface area contributed by atoms with Crippen LogP contribution in [0.15, 0.2) is 82.3 Å². The Morgan fingerprint density at radius 1 is 0.638 bits per heavy atom. The molecular formula is C36H42N4O6S. The molecule has 2 aliphatic carbocycles. The molecule has 2 heterocycles. The molecular weight excluding hydrogens is 616 g/mol. The fourth-order valence-electron chi connectivity index (χ4n) is 7.04. The van der Waals surface area contributed by atoms with E-state index >= 15 is 0 Å². The van der Waals surface area contributed by atoms with Crippen LogP contribution in [0.1, 0.15) is 76.3 Å². The first kappa shape index (κ1) is 32.7. The van der Waals surface area contributed by atoms with Crippen LogP contribution in [0.4, 0.5) is 0 Å². The fourth-order valence-corrected chi connectivity index (χ4v) is 8.83. The lowest BCUT2D eigenvalue weighted by Gasteiger charge is -2.32. The Hall–Kier alpha value is -4.25. The molecule has 0 spiro atoms. The normalized spacial score (nSPS) is 24.0. The monoisotopic (exact) mass is 658 g/mol. The zero-order valence-corrected chi connectivity index (χ0v) is 28.6. The number of carbonyl (C=O) groups excluding carboxylic acids is 2. The predicted molar refractivity (Wildman–Crippen MR) is 181 cm³/mol. The van der Waals surface area contributed by atoms with Crippen molar-refractivity contribution in [1.29, 1.82) is 0 Å². The first-order chi connectivity index (χ1) is 22.2. The second kappa shape index (κ2) is 12.1. The summed E-state index contributed by atoms with van der Waals surface area (Å²) in [6, 6.07) is 14.6. The Bertz CT molecular complexity index is 1690. The molecule has 2 atom stereocenters. The molecule has 2 unspecified atom stereocenters. The van der Waals surface area contributed by atoms with Crippen molar-refractivity contribution in [3.05, 3.63) is 83.2 Å². The Kier molecular flexibility index (Phi) is 8.40. The van der Waals surface area contributed by atoms with E-state index in [1.165, 1.54) is 0 Å². The van der Waals surface area contributed by atoms with Crippen LogP contribution in [-0.2, 0) is 19.4 Å². The van der Waals surface area contributed by atoms with Gasteiger partial charge in [-0.05, 0) is 59.1 Å². The van der Waals surface area contributed by atoms with Gasteiger partial charge in [0.05, 0.1) is 39.1 Å². The topological polar surface area (TPSA) is 118 Å². The van der Waals surface area contributed by atoms with Crippen molar-refractivity contribution in [1.82, 2.24) is 10.0 Å². The number of ether oxygens (including phenoxy) is 2. The summed E-state index contributed by atoms with van der Waals surface area (Å²) < 4.78 is 40.6. The maximum atomic E-state index is 15.0. The molecule has 6 rings (SSSR count). The molecule has 11 heteroatoms. The molecule has 2 aromatic rings. The molecule has 0 aromatic heterocycles. The summed E-state index contributed by atoms with van der Waals surface area (Å²) >= 11 is 0. The maximum Gasteiger partial charge on any atom is 0.238 e. The summed E-state index contributed by atoms with van der Waals surface area (Å²) in [6.07, 6.45) is 5.22. The molecule has 47 heavy (non-hydrogen) atoms. The van der Waals surface area contributed by atoms with Crippen LogP contribution in [0.2, 0.25) is 0 Å². The van der Waals surface area contributed by atoms with Gasteiger partial charge < -0.3 is 9.47 Å². The van der Waals surface area contributed by atoms with E-state index in [1.54, 1.807) is 60.7 Å². The number of nitrogens with zero attached hydrogens (tertiary/aromatic N) is 4. The van der Waals surface area contributed by atoms with Gasteiger partial charge in [0, 0.05) is 36.4 Å². The SMILES string of the molecule is COc1ccc(C2CN(C3=CC(=O)CC(C)(C)C3)N=C2S(=O)(=O)C2=NN(C3=CC(=O)CC(C)(C)C3)CC2c2ccc(OC)cc2)cc1. The highest BCUT2D eigenvalue weighted by molar-refractivity contribution is 8.19. The first-order valence-electron chi connectivity index (χ1n) is 15.9. The van der Waals surface area contributed by atoms with Crippen LogP contribution in [-0.4, -0.2) is 67.4 Å². The lowest BCUT2D eigenvalue weighted by atomic mass is 9.78. The van der Waals surface area contributed by atoms with E-state index in [1.807, 2.05) is 52.0 Å². The third-order valence-electron chi connectivity index (χ3n) is 9.28. The summed E-state index contributed by atoms with van der Waals surface area (Å²) in [5.41, 5.74) is 2.37. The summed E-state index contributed by atoms with van der Waals surface area (Å²) in [5, 5.41) is 12.9. The van der Waals surface area contributed by atoms with E-state index in [2.05, 4.69) is 0 Å². The van der Waals surface area contributed by atoms with E-state index in [0.29, 0.717) is 48.6 Å². The van der Waals surface area contributed by atoms with Gasteiger partial charge in [0.25, 0.3) is 0 Å². The van der Waals surface area contributed by atoms with Gasteiger partial charge in [-0.3, -0.25) is 19.6 Å². The zero-order valence-electron chi connectivity index (χ0n) is 27.8. The van der Waals surface area contributed by atoms with Gasteiger partial charge in [-0.15, -0.1) is 0 Å². The van der Waals surface area contributed by atoms with Crippen LogP contribution in [0, 0.1) is 10.8 Å². The molecule has 0 N–H and O–H groups in total. The van der Waals surface area contributed by atoms with Gasteiger partial charge in [-0.2, -0.15) is 10.2 Å². The van der Waals surface area contributed by atoms with Crippen molar-refractivity contribution in [2.45, 2.75) is 65.2 Å². The van der Waals surface area contributed by atoms with Gasteiger partial charge in [0.1, 0.15) is 11.5 Å². The number of hydrogen-bond donors (Lipinski definition) is 0. The quantitative estimate of drug-likeness (QED) is 0.383. The number of benzene rings is 2. The number of ketones is 2. The van der Waals surface area contributed by atoms with Crippen molar-refractivity contribution in [3.63, 3.8) is 0 Å². The highest BCUT2D eigenvalue weighted by Gasteiger charge is 2.47. The average Bonchev–Trinajstić information content (AvgIpc) is 3.66. The van der Waals surface area contributed by atoms with E-state index < -0.39 is 21.7 Å². The standard InChI is InChI=1S/C36H42N4O6S/c1-35(2)17-25(15-27(41)19-35)39-21-31(23-7-11-29(45-5)12-8-23)33(37-39)47(43,44)34-32(24-9-13-30(46-6)14-10-24)22-40(38-34)26-16-28(42)20-36(3,4)18-26/h7-16,31-32H,17-22H2,1-6H3. The highest BCUT2D eigenvalue weighted by atomic mass is 32.2. The van der Waals surface area contributed by atoms with Crippen molar-refractivity contribution in [3.8, 4) is 11.5 Å². The highest BCUT2D eigenvalue weighted by Crippen LogP contribution is 2.42. The molecule has 0 radical (unpaired) electrons. The molecule has 248 valence electrons. The van der Waals surface area contributed by atoms with Crippen LogP contribution in [0.25, 0.3) is 0 Å². The predicted octanol–water partition coefficient (Wildman–Crippen LogP) is 5.79. The van der Waals surface area contributed by atoms with E-state index in [0.717, 1.165) is 11.1 Å². The number of rotatable bonds is 6. The average molecular weight is 659 g/mol. The minimum Gasteiger partial charge on any atom is -0.497 e. The number of allylic oxidation sites excluding steroid dienone is 4. The van der Waals surface area contributed by atoms with E-state index in [-0.39, 0.29) is 45.6 Å². The molecule has 0 saturated heterocycles. The van der Waals surface area contributed by atoms with E-state index in [4.69, 9.17) is 19.7 Å². The third kappa shape index (κ3) is 6.63. The van der Waals surface area contributed by atoms with Gasteiger partial charge in [-0.1, -0.05) is 52.0 Å². The second-order valence-electron chi connectivity index (χ2n) is 14.4. The van der Waals surface area contributed by atoms with Crippen LogP contribution in [0.3, 0.4) is 0 Å². The molecule has 0 saturated carbocycles. The fraction of sp³-hybridized carbons (Fsp3) is 0.444. The zero-order chi connectivity index (χ0) is 33.7. The van der Waals surface area contributed by atoms with Gasteiger partial charge in [0.15, 0.2) is 21.7 Å². The Balaban J connectivity index is 1.46. The number of hydrogen-bond acceptors (Lipinski definition) is 10. The lowest BCUT2D eigenvalue weighted by molar-refractivity contribution is -0.118. The van der Waals surface area contributed by atoms with Crippen LogP contribution in [0.5, 0.6) is 11.5 Å². The molecule has 2 aromatic carbocycles. The van der Waals surface area contributed by atoms with E-state index in [9.17, 15) is 18.0 Å². The summed E-state index contributed by atoms with van der Waals surface area (Å²) in [5.74, 6) is 0.0701. The molecule has 0 amide bonds. The largest absolute Gasteiger partial charge is 0.497 e. The van der Waals surface area contributed by atoms with Crippen LogP contribution >= 0.6 is 0 Å². The van der Waals surface area contributed by atoms with Gasteiger partial charge in [-0.25, -0.2) is 8.42 Å². The number of sulfone groups is 1. The van der Waals surface area contributed by atoms with Crippen molar-refractivity contribution < 1.29 is 27.5 Å². The lowest BCUT2D eigenvalue weighted by Crippen LogP contribution is -2.31. The second-order valence-corrected chi connectivity index (χ2v) is 16.3. The van der Waals surface area contributed by atoms with Crippen LogP contribution < -0.4 is 9.47 Å². The third-order valence-corrected chi connectivity index (χ3v) is 11.1. The van der Waals surface area contributed by atoms with Crippen molar-refractivity contribution >= 4 is 31.5 Å². The smallest absolute Gasteiger partial charge is 0.238 e. The number of carbonyl (C=O) groups is 2. The van der Waals surface area contributed by atoms with Gasteiger partial charge in [0.2, 0.25) is 9.84 Å². The minimum atomic E-state index is -4.26. The molecule has 10 nitrogen and oxygen atoms in total. The summed E-state index contributed by atoms with van der Waals surface area (Å²) in [6.45, 7) is 8.64. The first-order valence-corrected chi connectivity index (χ1v) is 17.4. The molecule has 0 fully saturated rings. The summed E-state index contributed by atoms with van der Waals surface area (Å²) in [4.78, 5) is 25.4. The molecule has 0 bridgehead atoms. The summed E-state index contributed by atoms with van der Waals surface area (Å²) in [7, 11) is -1.10. The Morgan fingerprint density at radius 3 is 1.32 bits per heavy atom. The Labute approximate surface area is 276 Å². The molecule has 2 aliphatic heterocycles. The number of hydrazone groups is 2. The van der Waals surface area contributed by atoms with Gasteiger partial charge >= 0.3 is 0 Å². The molecule has 4 aliphatic rings. The maximum absolute atomic E-state index is 15.0. The van der Waals surface area contributed by atoms with Crippen molar-refractivity contribution in [2.24, 2.45) is 21.0 Å². The minimum absolute atomic E-state index is 0.00244. The van der Waals surface area contributed by atoms with Crippen molar-refractivity contribution in [2.75, 3.05) is 27.3 Å².